The van der Waals surface area contributed by atoms with Gasteiger partial charge in [0.25, 0.3) is 0 Å². The molecule has 1 saturated heterocycles. The summed E-state index contributed by atoms with van der Waals surface area (Å²) in [7, 11) is -1.29. The molecule has 4 nitrogen and oxygen atoms in total. The second kappa shape index (κ2) is 7.06. The first-order chi connectivity index (χ1) is 13.2. The van der Waals surface area contributed by atoms with Gasteiger partial charge >= 0.3 is 0 Å². The van der Waals surface area contributed by atoms with Gasteiger partial charge in [-0.2, -0.15) is 0 Å². The molecular formula is C21H20ClNO3S. The van der Waals surface area contributed by atoms with Crippen molar-refractivity contribution in [1.82, 2.24) is 5.32 Å². The zero-order valence-electron chi connectivity index (χ0n) is 14.8. The lowest BCUT2D eigenvalue weighted by Gasteiger charge is -2.11. The first-order valence-corrected chi connectivity index (χ1v) is 10.8. The number of ether oxygens (including phenoxy) is 1. The Morgan fingerprint density at radius 2 is 2.00 bits per heavy atom. The molecule has 0 aliphatic carbocycles. The largest absolute Gasteiger partial charge is 0.459 e. The third-order valence-corrected chi connectivity index (χ3v) is 7.09. The zero-order valence-corrected chi connectivity index (χ0v) is 16.4. The molecule has 0 radical (unpaired) electrons. The molecule has 2 aliphatic rings. The van der Waals surface area contributed by atoms with Crippen molar-refractivity contribution in [1.29, 1.82) is 0 Å². The number of hydrogen-bond donors (Lipinski definition) is 1. The fourth-order valence-electron chi connectivity index (χ4n) is 3.95. The molecule has 1 aromatic heterocycles. The van der Waals surface area contributed by atoms with Crippen LogP contribution in [0.3, 0.4) is 0 Å². The van der Waals surface area contributed by atoms with E-state index in [1.807, 2.05) is 18.2 Å². The van der Waals surface area contributed by atoms with Crippen LogP contribution in [0.15, 0.2) is 50.6 Å². The van der Waals surface area contributed by atoms with E-state index in [9.17, 15) is 4.21 Å². The Morgan fingerprint density at radius 3 is 2.78 bits per heavy atom. The lowest BCUT2D eigenvalue weighted by Crippen LogP contribution is -2.22. The van der Waals surface area contributed by atoms with Gasteiger partial charge in [-0.25, -0.2) is 4.21 Å². The van der Waals surface area contributed by atoms with Crippen LogP contribution in [-0.2, 0) is 28.5 Å². The summed E-state index contributed by atoms with van der Waals surface area (Å²) in [5.74, 6) is 1.43. The highest BCUT2D eigenvalue weighted by Crippen LogP contribution is 2.36. The Bertz CT molecular complexity index is 1020. The normalized spacial score (nSPS) is 20.7. The Hall–Kier alpha value is -1.66. The number of benzene rings is 2. The first kappa shape index (κ1) is 17.4. The maximum Gasteiger partial charge on any atom is 0.153 e. The number of furan rings is 1. The molecule has 0 saturated carbocycles. The number of rotatable bonds is 3. The van der Waals surface area contributed by atoms with Gasteiger partial charge in [0.2, 0.25) is 0 Å². The molecule has 6 heteroatoms. The van der Waals surface area contributed by atoms with Crippen LogP contribution in [0.5, 0.6) is 0 Å². The van der Waals surface area contributed by atoms with Crippen molar-refractivity contribution in [2.75, 3.05) is 19.8 Å². The van der Waals surface area contributed by atoms with E-state index in [1.54, 1.807) is 6.07 Å². The van der Waals surface area contributed by atoms with Gasteiger partial charge in [0.15, 0.2) is 5.58 Å². The molecule has 1 N–H and O–H groups in total. The summed E-state index contributed by atoms with van der Waals surface area (Å²) in [6.45, 7) is 3.25. The van der Waals surface area contributed by atoms with E-state index in [2.05, 4.69) is 17.4 Å². The van der Waals surface area contributed by atoms with Gasteiger partial charge in [0.1, 0.15) is 5.76 Å². The Kier molecular flexibility index (Phi) is 4.56. The van der Waals surface area contributed by atoms with Crippen LogP contribution in [0.25, 0.3) is 11.0 Å². The van der Waals surface area contributed by atoms with Crippen LogP contribution in [0.2, 0.25) is 5.02 Å². The molecule has 0 amide bonds. The smallest absolute Gasteiger partial charge is 0.153 e. The van der Waals surface area contributed by atoms with E-state index >= 15 is 0 Å². The van der Waals surface area contributed by atoms with Crippen molar-refractivity contribution < 1.29 is 13.4 Å². The molecule has 3 aromatic rings. The molecule has 2 unspecified atom stereocenters. The molecule has 27 heavy (non-hydrogen) atoms. The van der Waals surface area contributed by atoms with Gasteiger partial charge in [-0.15, -0.1) is 0 Å². The predicted molar refractivity (Wildman–Crippen MR) is 106 cm³/mol. The quantitative estimate of drug-likeness (QED) is 0.706. The molecule has 0 spiro atoms. The number of nitrogens with one attached hydrogen (secondary N) is 1. The highest BCUT2D eigenvalue weighted by atomic mass is 35.5. The standard InChI is InChI=1S/C21H20ClNO3S/c22-19-10-16(9-17-18-11-23-7-5-20(18)26-21(17)19)27(24)15-3-1-13(2-4-15)14-6-8-25-12-14/h1-4,9-10,14,23H,5-8,11-12H2. The minimum Gasteiger partial charge on any atom is -0.459 e. The summed E-state index contributed by atoms with van der Waals surface area (Å²) in [4.78, 5) is 1.49. The topological polar surface area (TPSA) is 51.5 Å². The van der Waals surface area contributed by atoms with E-state index < -0.39 is 10.8 Å². The molecule has 2 aromatic carbocycles. The maximum absolute atomic E-state index is 13.1. The molecule has 0 bridgehead atoms. The fourth-order valence-corrected chi connectivity index (χ4v) is 5.37. The molecule has 5 rings (SSSR count). The summed E-state index contributed by atoms with van der Waals surface area (Å²) in [5, 5.41) is 4.85. The van der Waals surface area contributed by atoms with E-state index in [1.165, 1.54) is 5.56 Å². The van der Waals surface area contributed by atoms with Gasteiger partial charge < -0.3 is 14.5 Å². The van der Waals surface area contributed by atoms with Crippen molar-refractivity contribution in [2.24, 2.45) is 0 Å². The lowest BCUT2D eigenvalue weighted by atomic mass is 9.99. The highest BCUT2D eigenvalue weighted by molar-refractivity contribution is 7.85. The van der Waals surface area contributed by atoms with Crippen molar-refractivity contribution in [3.63, 3.8) is 0 Å². The summed E-state index contributed by atoms with van der Waals surface area (Å²) in [6, 6.07) is 11.8. The molecule has 140 valence electrons. The van der Waals surface area contributed by atoms with Crippen LogP contribution in [0, 0.1) is 0 Å². The van der Waals surface area contributed by atoms with Crippen LogP contribution in [0.4, 0.5) is 0 Å². The SMILES string of the molecule is O=S(c1ccc(C2CCOC2)cc1)c1cc(Cl)c2oc3c(c2c1)CNCC3. The van der Waals surface area contributed by atoms with Crippen molar-refractivity contribution in [3.05, 3.63) is 58.3 Å². The average Bonchev–Trinajstić information content (AvgIpc) is 3.36. The van der Waals surface area contributed by atoms with Crippen LogP contribution >= 0.6 is 11.6 Å². The Morgan fingerprint density at radius 1 is 1.15 bits per heavy atom. The van der Waals surface area contributed by atoms with Gasteiger partial charge in [0, 0.05) is 52.8 Å². The number of hydrogen-bond acceptors (Lipinski definition) is 4. The van der Waals surface area contributed by atoms with Crippen molar-refractivity contribution in [3.8, 4) is 0 Å². The third-order valence-electron chi connectivity index (χ3n) is 5.44. The maximum atomic E-state index is 13.1. The minimum absolute atomic E-state index is 0.447. The summed E-state index contributed by atoms with van der Waals surface area (Å²) in [5.41, 5.74) is 3.08. The van der Waals surface area contributed by atoms with Gasteiger partial charge in [-0.1, -0.05) is 23.7 Å². The van der Waals surface area contributed by atoms with Crippen LogP contribution < -0.4 is 5.32 Å². The van der Waals surface area contributed by atoms with Gasteiger partial charge in [-0.05, 0) is 36.2 Å². The lowest BCUT2D eigenvalue weighted by molar-refractivity contribution is 0.194. The van der Waals surface area contributed by atoms with E-state index in [-0.39, 0.29) is 0 Å². The van der Waals surface area contributed by atoms with Gasteiger partial charge in [-0.3, -0.25) is 0 Å². The Balaban J connectivity index is 1.50. The van der Waals surface area contributed by atoms with Crippen LogP contribution in [0.1, 0.15) is 29.2 Å². The van der Waals surface area contributed by atoms with Crippen molar-refractivity contribution >= 4 is 33.4 Å². The molecule has 3 heterocycles. The first-order valence-electron chi connectivity index (χ1n) is 9.24. The molecule has 2 aliphatic heterocycles. The van der Waals surface area contributed by atoms with E-state index in [0.29, 0.717) is 21.4 Å². The molecule has 2 atom stereocenters. The van der Waals surface area contributed by atoms with Crippen LogP contribution in [-0.4, -0.2) is 24.0 Å². The Labute approximate surface area is 165 Å². The summed E-state index contributed by atoms with van der Waals surface area (Å²) >= 11 is 6.46. The second-order valence-corrected chi connectivity index (χ2v) is 9.00. The highest BCUT2D eigenvalue weighted by Gasteiger charge is 2.22. The fraction of sp³-hybridized carbons (Fsp3) is 0.333. The minimum atomic E-state index is -1.29. The molecule has 1 fully saturated rings. The van der Waals surface area contributed by atoms with E-state index in [4.69, 9.17) is 20.8 Å². The summed E-state index contributed by atoms with van der Waals surface area (Å²) < 4.78 is 24.6. The summed E-state index contributed by atoms with van der Waals surface area (Å²) in [6.07, 6.45) is 1.90. The van der Waals surface area contributed by atoms with E-state index in [0.717, 1.165) is 60.8 Å². The second-order valence-electron chi connectivity index (χ2n) is 7.11. The van der Waals surface area contributed by atoms with Crippen molar-refractivity contribution in [2.45, 2.75) is 35.1 Å². The third kappa shape index (κ3) is 3.13. The predicted octanol–water partition coefficient (Wildman–Crippen LogP) is 4.40. The average molecular weight is 402 g/mol. The molecular weight excluding hydrogens is 382 g/mol. The van der Waals surface area contributed by atoms with Gasteiger partial charge in [0.05, 0.1) is 22.4 Å². The number of halogens is 1. The zero-order chi connectivity index (χ0) is 18.4. The number of fused-ring (bicyclic) bond motifs is 3. The monoisotopic (exact) mass is 401 g/mol.